The van der Waals surface area contributed by atoms with Gasteiger partial charge in [-0.1, -0.05) is 12.1 Å². The highest BCUT2D eigenvalue weighted by molar-refractivity contribution is 5.79. The van der Waals surface area contributed by atoms with Crippen LogP contribution in [0.25, 0.3) is 11.3 Å². The first-order chi connectivity index (χ1) is 12.7. The van der Waals surface area contributed by atoms with Gasteiger partial charge in [-0.2, -0.15) is 5.10 Å². The number of carbonyl (C=O) groups is 1. The molecule has 1 aromatic heterocycles. The fraction of sp³-hybridized carbons (Fsp3) is 0.474. The fourth-order valence-electron chi connectivity index (χ4n) is 3.66. The molecule has 1 saturated heterocycles. The molecule has 3 rings (SSSR count). The number of ether oxygens (including phenoxy) is 2. The molecule has 1 aromatic carbocycles. The summed E-state index contributed by atoms with van der Waals surface area (Å²) >= 11 is 0. The van der Waals surface area contributed by atoms with Crippen molar-refractivity contribution >= 4 is 5.91 Å². The van der Waals surface area contributed by atoms with Crippen LogP contribution in [0.1, 0.15) is 5.56 Å². The van der Waals surface area contributed by atoms with Crippen LogP contribution in [0.3, 0.4) is 0 Å². The minimum Gasteiger partial charge on any atom is -0.497 e. The van der Waals surface area contributed by atoms with Crippen LogP contribution in [-0.4, -0.2) is 62.0 Å². The van der Waals surface area contributed by atoms with Gasteiger partial charge >= 0.3 is 0 Å². The molecule has 2 atom stereocenters. The smallest absolute Gasteiger partial charge is 0.224 e. The normalized spacial score (nSPS) is 20.3. The lowest BCUT2D eigenvalue weighted by atomic mass is 9.96. The largest absolute Gasteiger partial charge is 0.497 e. The second-order valence-corrected chi connectivity index (χ2v) is 6.63. The van der Waals surface area contributed by atoms with Gasteiger partial charge in [-0.05, 0) is 12.1 Å². The van der Waals surface area contributed by atoms with Crippen molar-refractivity contribution in [2.24, 2.45) is 11.8 Å². The topological polar surface area (TPSA) is 79.5 Å². The molecule has 0 aliphatic carbocycles. The molecule has 7 heteroatoms. The lowest BCUT2D eigenvalue weighted by Crippen LogP contribution is -2.34. The van der Waals surface area contributed by atoms with Gasteiger partial charge in [-0.15, -0.1) is 0 Å². The van der Waals surface area contributed by atoms with Gasteiger partial charge in [0.2, 0.25) is 5.91 Å². The molecule has 1 fully saturated rings. The zero-order valence-corrected chi connectivity index (χ0v) is 15.5. The van der Waals surface area contributed by atoms with E-state index in [1.165, 1.54) is 0 Å². The van der Waals surface area contributed by atoms with Gasteiger partial charge in [0, 0.05) is 50.8 Å². The van der Waals surface area contributed by atoms with E-state index >= 15 is 0 Å². The Hall–Kier alpha value is -2.38. The molecule has 1 amide bonds. The minimum atomic E-state index is -0.0490. The Kier molecular flexibility index (Phi) is 5.90. The molecule has 1 aliphatic rings. The predicted octanol–water partition coefficient (Wildman–Crippen LogP) is 1.53. The number of benzene rings is 1. The average Bonchev–Trinajstić information content (AvgIpc) is 3.29. The van der Waals surface area contributed by atoms with Crippen LogP contribution in [0.5, 0.6) is 5.75 Å². The fourth-order valence-corrected chi connectivity index (χ4v) is 3.66. The van der Waals surface area contributed by atoms with Gasteiger partial charge in [0.1, 0.15) is 5.75 Å². The monoisotopic (exact) mass is 358 g/mol. The summed E-state index contributed by atoms with van der Waals surface area (Å²) in [6, 6.07) is 7.90. The van der Waals surface area contributed by atoms with E-state index in [4.69, 9.17) is 9.47 Å². The summed E-state index contributed by atoms with van der Waals surface area (Å²) in [5.74, 6) is 1.04. The molecule has 0 spiro atoms. The first-order valence-electron chi connectivity index (χ1n) is 8.75. The summed E-state index contributed by atoms with van der Waals surface area (Å²) in [5.41, 5.74) is 3.12. The number of nitrogens with one attached hydrogen (secondary N) is 2. The first-order valence-corrected chi connectivity index (χ1v) is 8.75. The number of aromatic nitrogens is 2. The molecule has 2 heterocycles. The molecule has 0 radical (unpaired) electrons. The number of hydrogen-bond donors (Lipinski definition) is 2. The molecule has 0 saturated carbocycles. The van der Waals surface area contributed by atoms with Crippen LogP contribution >= 0.6 is 0 Å². The number of H-pyrrole nitrogens is 1. The zero-order valence-electron chi connectivity index (χ0n) is 15.5. The summed E-state index contributed by atoms with van der Waals surface area (Å²) in [5, 5.41) is 10.1. The molecule has 2 aromatic rings. The van der Waals surface area contributed by atoms with Crippen LogP contribution in [0.2, 0.25) is 0 Å². The van der Waals surface area contributed by atoms with Crippen LogP contribution in [0.15, 0.2) is 30.5 Å². The first kappa shape index (κ1) is 18.4. The molecule has 140 valence electrons. The number of methoxy groups -OCH3 is 2. The standard InChI is InChI=1S/C19H26N4O3/c1-20-19(24)17-11-23(10-15(17)12-25-2)9-14-8-21-22-18(14)13-5-4-6-16(7-13)26-3/h4-8,15,17H,9-12H2,1-3H3,(H,20,24)(H,21,22). The average molecular weight is 358 g/mol. The van der Waals surface area contributed by atoms with E-state index in [1.807, 2.05) is 30.5 Å². The number of hydrogen-bond acceptors (Lipinski definition) is 5. The third-order valence-corrected chi connectivity index (χ3v) is 4.95. The van der Waals surface area contributed by atoms with Crippen LogP contribution in [0.4, 0.5) is 0 Å². The van der Waals surface area contributed by atoms with E-state index in [2.05, 4.69) is 20.4 Å². The Morgan fingerprint density at radius 1 is 1.38 bits per heavy atom. The zero-order chi connectivity index (χ0) is 18.5. The van der Waals surface area contributed by atoms with Crippen LogP contribution < -0.4 is 10.1 Å². The van der Waals surface area contributed by atoms with E-state index in [9.17, 15) is 4.79 Å². The van der Waals surface area contributed by atoms with E-state index < -0.39 is 0 Å². The molecule has 7 nitrogen and oxygen atoms in total. The Bertz CT molecular complexity index is 746. The quantitative estimate of drug-likeness (QED) is 0.785. The van der Waals surface area contributed by atoms with Gasteiger partial charge in [-0.25, -0.2) is 0 Å². The highest BCUT2D eigenvalue weighted by Crippen LogP contribution is 2.29. The summed E-state index contributed by atoms with van der Waals surface area (Å²) in [7, 11) is 5.03. The van der Waals surface area contributed by atoms with E-state index in [1.54, 1.807) is 21.3 Å². The predicted molar refractivity (Wildman–Crippen MR) is 98.8 cm³/mol. The number of carbonyl (C=O) groups excluding carboxylic acids is 1. The van der Waals surface area contributed by atoms with Crippen molar-refractivity contribution in [3.63, 3.8) is 0 Å². The van der Waals surface area contributed by atoms with Crippen molar-refractivity contribution in [3.05, 3.63) is 36.0 Å². The summed E-state index contributed by atoms with van der Waals surface area (Å²) in [6.07, 6.45) is 1.85. The van der Waals surface area contributed by atoms with Gasteiger partial charge in [-0.3, -0.25) is 14.8 Å². The minimum absolute atomic E-state index is 0.0490. The van der Waals surface area contributed by atoms with Crippen molar-refractivity contribution in [1.82, 2.24) is 20.4 Å². The number of amides is 1. The Morgan fingerprint density at radius 3 is 2.96 bits per heavy atom. The van der Waals surface area contributed by atoms with Crippen molar-refractivity contribution in [2.75, 3.05) is 41.0 Å². The number of nitrogens with zero attached hydrogens (tertiary/aromatic N) is 2. The maximum atomic E-state index is 12.2. The number of aromatic amines is 1. The van der Waals surface area contributed by atoms with Crippen LogP contribution in [0, 0.1) is 11.8 Å². The lowest BCUT2D eigenvalue weighted by Gasteiger charge is -2.16. The van der Waals surface area contributed by atoms with Gasteiger partial charge in [0.25, 0.3) is 0 Å². The maximum absolute atomic E-state index is 12.2. The SMILES string of the molecule is CNC(=O)C1CN(Cc2cn[nH]c2-c2cccc(OC)c2)CC1COC. The third kappa shape index (κ3) is 3.89. The lowest BCUT2D eigenvalue weighted by molar-refractivity contribution is -0.125. The summed E-state index contributed by atoms with van der Waals surface area (Å²) in [6.45, 7) is 2.87. The highest BCUT2D eigenvalue weighted by Gasteiger charge is 2.37. The highest BCUT2D eigenvalue weighted by atomic mass is 16.5. The van der Waals surface area contributed by atoms with Crippen molar-refractivity contribution in [1.29, 1.82) is 0 Å². The van der Waals surface area contributed by atoms with Gasteiger partial charge in [0.05, 0.1) is 31.5 Å². The van der Waals surface area contributed by atoms with Crippen LogP contribution in [-0.2, 0) is 16.1 Å². The molecular formula is C19H26N4O3. The molecule has 2 N–H and O–H groups in total. The maximum Gasteiger partial charge on any atom is 0.224 e. The summed E-state index contributed by atoms with van der Waals surface area (Å²) in [4.78, 5) is 14.5. The van der Waals surface area contributed by atoms with Crippen molar-refractivity contribution in [2.45, 2.75) is 6.54 Å². The Balaban J connectivity index is 1.76. The number of rotatable bonds is 7. The van der Waals surface area contributed by atoms with Gasteiger partial charge in [0.15, 0.2) is 0 Å². The second kappa shape index (κ2) is 8.33. The van der Waals surface area contributed by atoms with Crippen molar-refractivity contribution < 1.29 is 14.3 Å². The van der Waals surface area contributed by atoms with E-state index in [0.29, 0.717) is 6.61 Å². The van der Waals surface area contributed by atoms with Gasteiger partial charge < -0.3 is 14.8 Å². The second-order valence-electron chi connectivity index (χ2n) is 6.63. The van der Waals surface area contributed by atoms with Crippen molar-refractivity contribution in [3.8, 4) is 17.0 Å². The molecule has 0 bridgehead atoms. The Morgan fingerprint density at radius 2 is 2.23 bits per heavy atom. The van der Waals surface area contributed by atoms with E-state index in [-0.39, 0.29) is 17.7 Å². The third-order valence-electron chi connectivity index (χ3n) is 4.95. The molecule has 1 aliphatic heterocycles. The van der Waals surface area contributed by atoms with E-state index in [0.717, 1.165) is 42.2 Å². The summed E-state index contributed by atoms with van der Waals surface area (Å²) < 4.78 is 10.6. The molecular weight excluding hydrogens is 332 g/mol. The Labute approximate surface area is 153 Å². The molecule has 2 unspecified atom stereocenters. The molecule has 26 heavy (non-hydrogen) atoms. The number of likely N-dealkylation sites (tertiary alicyclic amines) is 1.